The number of aromatic amines is 1. The number of halogens is 3. The van der Waals surface area contributed by atoms with Crippen molar-refractivity contribution in [1.82, 2.24) is 19.6 Å². The summed E-state index contributed by atoms with van der Waals surface area (Å²) in [5.41, 5.74) is -0.142. The summed E-state index contributed by atoms with van der Waals surface area (Å²) in [6.45, 7) is 3.34. The predicted molar refractivity (Wildman–Crippen MR) is 115 cm³/mol. The van der Waals surface area contributed by atoms with Crippen LogP contribution in [0.15, 0.2) is 51.7 Å². The minimum absolute atomic E-state index is 0.0419. The van der Waals surface area contributed by atoms with Crippen LogP contribution < -0.4 is 10.3 Å². The smallest absolute Gasteiger partial charge is 0.433 e. The fraction of sp³-hybridized carbons (Fsp3) is 0.174. The summed E-state index contributed by atoms with van der Waals surface area (Å²) in [7, 11) is 1.48. The lowest BCUT2D eigenvalue weighted by atomic mass is 10.1. The molecule has 0 atom stereocenters. The number of alkyl halides is 3. The molecule has 0 aliphatic rings. The zero-order chi connectivity index (χ0) is 23.5. The summed E-state index contributed by atoms with van der Waals surface area (Å²) in [4.78, 5) is 22.1. The minimum Gasteiger partial charge on any atom is -0.494 e. The van der Waals surface area contributed by atoms with Gasteiger partial charge >= 0.3 is 6.18 Å². The Hall–Kier alpha value is -4.08. The Morgan fingerprint density at radius 1 is 1.03 bits per heavy atom. The largest absolute Gasteiger partial charge is 0.494 e. The van der Waals surface area contributed by atoms with Gasteiger partial charge in [-0.25, -0.2) is 9.97 Å². The van der Waals surface area contributed by atoms with E-state index in [2.05, 4.69) is 15.1 Å². The van der Waals surface area contributed by atoms with Crippen LogP contribution in [0.4, 0.5) is 13.2 Å². The number of fused-ring (bicyclic) bond motifs is 2. The number of oxazole rings is 1. The average Bonchev–Trinajstić information content (AvgIpc) is 3.38. The average molecular weight is 454 g/mol. The number of aryl methyl sites for hydroxylation is 2. The normalized spacial score (nSPS) is 12.1. The molecule has 0 amide bonds. The van der Waals surface area contributed by atoms with Crippen molar-refractivity contribution in [1.29, 1.82) is 0 Å². The third-order valence-electron chi connectivity index (χ3n) is 5.44. The summed E-state index contributed by atoms with van der Waals surface area (Å²) in [5, 5.41) is 2.20. The number of hydrogen-bond donors (Lipinski definition) is 1. The van der Waals surface area contributed by atoms with Crippen molar-refractivity contribution < 1.29 is 22.3 Å². The quantitative estimate of drug-likeness (QED) is 0.408. The van der Waals surface area contributed by atoms with Crippen molar-refractivity contribution >= 4 is 16.7 Å². The van der Waals surface area contributed by atoms with Crippen LogP contribution >= 0.6 is 0 Å². The first-order chi connectivity index (χ1) is 15.7. The number of benzene rings is 2. The molecule has 10 heteroatoms. The number of methoxy groups -OCH3 is 1. The van der Waals surface area contributed by atoms with E-state index in [0.717, 1.165) is 10.1 Å². The molecule has 0 aliphatic carbocycles. The van der Waals surface area contributed by atoms with Gasteiger partial charge < -0.3 is 9.15 Å². The molecule has 168 valence electrons. The van der Waals surface area contributed by atoms with Gasteiger partial charge in [-0.15, -0.1) is 0 Å². The fourth-order valence-electron chi connectivity index (χ4n) is 3.89. The second kappa shape index (κ2) is 7.22. The van der Waals surface area contributed by atoms with E-state index in [-0.39, 0.29) is 33.9 Å². The van der Waals surface area contributed by atoms with Crippen molar-refractivity contribution in [3.63, 3.8) is 0 Å². The fourth-order valence-corrected chi connectivity index (χ4v) is 3.89. The first-order valence-corrected chi connectivity index (χ1v) is 9.93. The van der Waals surface area contributed by atoms with Gasteiger partial charge in [0, 0.05) is 0 Å². The Kier molecular flexibility index (Phi) is 4.55. The molecule has 0 aliphatic heterocycles. The molecule has 0 bridgehead atoms. The lowest BCUT2D eigenvalue weighted by molar-refractivity contribution is -0.140. The van der Waals surface area contributed by atoms with Crippen LogP contribution in [-0.2, 0) is 6.18 Å². The van der Waals surface area contributed by atoms with Crippen molar-refractivity contribution in [2.45, 2.75) is 20.0 Å². The number of nitrogens with one attached hydrogen (secondary N) is 1. The van der Waals surface area contributed by atoms with E-state index in [1.807, 2.05) is 6.92 Å². The van der Waals surface area contributed by atoms with Gasteiger partial charge in [-0.05, 0) is 31.0 Å². The molecule has 0 spiro atoms. The van der Waals surface area contributed by atoms with E-state index in [1.165, 1.54) is 26.2 Å². The van der Waals surface area contributed by atoms with Crippen LogP contribution in [-0.4, -0.2) is 26.7 Å². The van der Waals surface area contributed by atoms with Crippen LogP contribution in [0.5, 0.6) is 5.75 Å². The second-order valence-corrected chi connectivity index (χ2v) is 7.54. The van der Waals surface area contributed by atoms with E-state index >= 15 is 0 Å². The Balaban J connectivity index is 1.83. The summed E-state index contributed by atoms with van der Waals surface area (Å²) >= 11 is 0. The molecule has 5 aromatic rings. The minimum atomic E-state index is -4.73. The molecular formula is C23H17F3N4O3. The highest BCUT2D eigenvalue weighted by atomic mass is 19.4. The van der Waals surface area contributed by atoms with E-state index in [0.29, 0.717) is 16.8 Å². The number of ether oxygens (including phenoxy) is 1. The van der Waals surface area contributed by atoms with Crippen LogP contribution in [0.1, 0.15) is 17.0 Å². The van der Waals surface area contributed by atoms with E-state index in [9.17, 15) is 18.0 Å². The molecule has 33 heavy (non-hydrogen) atoms. The van der Waals surface area contributed by atoms with Crippen molar-refractivity contribution in [2.24, 2.45) is 0 Å². The molecule has 1 N–H and O–H groups in total. The van der Waals surface area contributed by atoms with E-state index in [1.54, 1.807) is 30.3 Å². The maximum atomic E-state index is 13.9. The standard InChI is InChI=1S/C23H17F3N4O3/c1-11-9-10-14(32-3)17-18(11)33-21(28-17)15-12(2)27-20-16(13-7-5-4-6-8-13)19(23(24,25)26)29-30(20)22(15)31/h4-10,29H,1-3H3. The van der Waals surface area contributed by atoms with Crippen molar-refractivity contribution in [3.8, 4) is 28.3 Å². The van der Waals surface area contributed by atoms with Gasteiger partial charge in [0.2, 0.25) is 5.89 Å². The van der Waals surface area contributed by atoms with Crippen LogP contribution in [0.2, 0.25) is 0 Å². The van der Waals surface area contributed by atoms with Crippen molar-refractivity contribution in [2.75, 3.05) is 7.11 Å². The molecule has 0 unspecified atom stereocenters. The maximum Gasteiger partial charge on any atom is 0.433 e. The van der Waals surface area contributed by atoms with Gasteiger partial charge in [0.05, 0.1) is 18.4 Å². The number of H-pyrrole nitrogens is 1. The number of hydrogen-bond acceptors (Lipinski definition) is 5. The number of rotatable bonds is 3. The molecule has 0 fully saturated rings. The van der Waals surface area contributed by atoms with Gasteiger partial charge in [0.1, 0.15) is 17.0 Å². The Bertz CT molecular complexity index is 1580. The summed E-state index contributed by atoms with van der Waals surface area (Å²) in [5.74, 6) is 0.398. The molecule has 0 radical (unpaired) electrons. The molecule has 3 heterocycles. The first kappa shape index (κ1) is 20.8. The van der Waals surface area contributed by atoms with Gasteiger partial charge in [-0.2, -0.15) is 17.7 Å². The number of nitrogens with zero attached hydrogens (tertiary/aromatic N) is 3. The van der Waals surface area contributed by atoms with Crippen LogP contribution in [0.3, 0.4) is 0 Å². The van der Waals surface area contributed by atoms with E-state index in [4.69, 9.17) is 9.15 Å². The molecular weight excluding hydrogens is 437 g/mol. The van der Waals surface area contributed by atoms with Crippen LogP contribution in [0.25, 0.3) is 39.3 Å². The summed E-state index contributed by atoms with van der Waals surface area (Å²) in [6, 6.07) is 11.5. The van der Waals surface area contributed by atoms with Crippen LogP contribution in [0, 0.1) is 13.8 Å². The topological polar surface area (TPSA) is 85.4 Å². The summed E-state index contributed by atoms with van der Waals surface area (Å²) < 4.78 is 53.6. The SMILES string of the molecule is COc1ccc(C)c2oc(-c3c(C)nc4c(-c5ccccc5)c(C(F)(F)F)[nH]n4c3=O)nc12. The summed E-state index contributed by atoms with van der Waals surface area (Å²) in [6.07, 6.45) is -4.73. The maximum absolute atomic E-state index is 13.9. The first-order valence-electron chi connectivity index (χ1n) is 9.93. The molecule has 7 nitrogen and oxygen atoms in total. The van der Waals surface area contributed by atoms with Gasteiger partial charge in [0.25, 0.3) is 5.56 Å². The van der Waals surface area contributed by atoms with E-state index < -0.39 is 17.4 Å². The molecule has 0 saturated heterocycles. The Morgan fingerprint density at radius 3 is 2.42 bits per heavy atom. The third kappa shape index (κ3) is 3.17. The van der Waals surface area contributed by atoms with Crippen molar-refractivity contribution in [3.05, 3.63) is 69.8 Å². The Labute approximate surface area is 184 Å². The molecule has 3 aromatic heterocycles. The van der Waals surface area contributed by atoms with Gasteiger partial charge in [0.15, 0.2) is 16.7 Å². The predicted octanol–water partition coefficient (Wildman–Crippen LogP) is 5.14. The zero-order valence-electron chi connectivity index (χ0n) is 17.7. The number of aromatic nitrogens is 4. The molecule has 5 rings (SSSR count). The lowest BCUT2D eigenvalue weighted by Crippen LogP contribution is -2.20. The lowest BCUT2D eigenvalue weighted by Gasteiger charge is -2.07. The zero-order valence-corrected chi connectivity index (χ0v) is 17.7. The highest BCUT2D eigenvalue weighted by Gasteiger charge is 2.38. The van der Waals surface area contributed by atoms with Gasteiger partial charge in [-0.1, -0.05) is 36.4 Å². The molecule has 0 saturated carbocycles. The second-order valence-electron chi connectivity index (χ2n) is 7.54. The monoisotopic (exact) mass is 454 g/mol. The highest BCUT2D eigenvalue weighted by molar-refractivity contribution is 5.86. The van der Waals surface area contributed by atoms with Gasteiger partial charge in [-0.3, -0.25) is 9.89 Å². The Morgan fingerprint density at radius 2 is 1.76 bits per heavy atom. The third-order valence-corrected chi connectivity index (χ3v) is 5.44. The highest BCUT2D eigenvalue weighted by Crippen LogP contribution is 2.39. The molecule has 2 aromatic carbocycles.